The highest BCUT2D eigenvalue weighted by Gasteiger charge is 2.17. The van der Waals surface area contributed by atoms with E-state index in [-0.39, 0.29) is 16.9 Å². The third-order valence-electron chi connectivity index (χ3n) is 4.39. The minimum absolute atomic E-state index is 0.178. The van der Waals surface area contributed by atoms with Gasteiger partial charge in [0.05, 0.1) is 12.1 Å². The molecular weight excluding hydrogens is 364 g/mol. The predicted molar refractivity (Wildman–Crippen MR) is 108 cm³/mol. The van der Waals surface area contributed by atoms with E-state index < -0.39 is 0 Å². The summed E-state index contributed by atoms with van der Waals surface area (Å²) in [5, 5.41) is 1.20. The fourth-order valence-corrected chi connectivity index (χ4v) is 3.05. The number of hydrogen-bond acceptors (Lipinski definition) is 3. The lowest BCUT2D eigenvalue weighted by Gasteiger charge is -2.18. The summed E-state index contributed by atoms with van der Waals surface area (Å²) in [4.78, 5) is 26.9. The van der Waals surface area contributed by atoms with E-state index in [9.17, 15) is 9.59 Å². The fourth-order valence-electron chi connectivity index (χ4n) is 2.92. The Bertz CT molecular complexity index is 1010. The number of aryl methyl sites for hydroxylation is 1. The maximum Gasteiger partial charge on any atom is 0.259 e. The Morgan fingerprint density at radius 1 is 1.15 bits per heavy atom. The highest BCUT2D eigenvalue weighted by Crippen LogP contribution is 2.16. The SMILES string of the molecule is CN(CCCOc1ccc(Cl)cc1)C(=O)c1cn(C)c2ccccc2c1=O. The van der Waals surface area contributed by atoms with Crippen molar-refractivity contribution in [3.05, 3.63) is 75.5 Å². The Morgan fingerprint density at radius 2 is 1.85 bits per heavy atom. The smallest absolute Gasteiger partial charge is 0.259 e. The van der Waals surface area contributed by atoms with E-state index >= 15 is 0 Å². The first-order valence-corrected chi connectivity index (χ1v) is 9.07. The zero-order valence-corrected chi connectivity index (χ0v) is 16.1. The lowest BCUT2D eigenvalue weighted by Crippen LogP contribution is -2.33. The number of pyridine rings is 1. The Kier molecular flexibility index (Phi) is 5.81. The van der Waals surface area contributed by atoms with Crippen LogP contribution >= 0.6 is 11.6 Å². The van der Waals surface area contributed by atoms with Crippen molar-refractivity contribution in [1.82, 2.24) is 9.47 Å². The summed E-state index contributed by atoms with van der Waals surface area (Å²) in [7, 11) is 3.53. The van der Waals surface area contributed by atoms with Gasteiger partial charge in [0.1, 0.15) is 11.3 Å². The van der Waals surface area contributed by atoms with E-state index in [0.717, 1.165) is 11.3 Å². The zero-order chi connectivity index (χ0) is 19.4. The van der Waals surface area contributed by atoms with Crippen LogP contribution in [-0.4, -0.2) is 35.6 Å². The highest BCUT2D eigenvalue weighted by molar-refractivity contribution is 6.30. The van der Waals surface area contributed by atoms with Crippen LogP contribution in [0.1, 0.15) is 16.8 Å². The molecule has 3 rings (SSSR count). The second-order valence-corrected chi connectivity index (χ2v) is 6.82. The second-order valence-electron chi connectivity index (χ2n) is 6.38. The van der Waals surface area contributed by atoms with Gasteiger partial charge in [-0.3, -0.25) is 9.59 Å². The Morgan fingerprint density at radius 3 is 2.59 bits per heavy atom. The van der Waals surface area contributed by atoms with Gasteiger partial charge in [0.15, 0.2) is 0 Å². The molecule has 6 heteroatoms. The molecule has 5 nitrogen and oxygen atoms in total. The molecule has 0 aliphatic heterocycles. The van der Waals surface area contributed by atoms with Crippen LogP contribution in [0.5, 0.6) is 5.75 Å². The van der Waals surface area contributed by atoms with Crippen molar-refractivity contribution in [1.29, 1.82) is 0 Å². The maximum atomic E-state index is 12.7. The van der Waals surface area contributed by atoms with E-state index in [0.29, 0.717) is 30.0 Å². The first-order chi connectivity index (χ1) is 13.0. The summed E-state index contributed by atoms with van der Waals surface area (Å²) in [5.41, 5.74) is 0.744. The molecule has 0 aliphatic rings. The van der Waals surface area contributed by atoms with Crippen LogP contribution in [0.25, 0.3) is 10.9 Å². The van der Waals surface area contributed by atoms with Gasteiger partial charge in [-0.2, -0.15) is 0 Å². The molecule has 140 valence electrons. The predicted octanol–water partition coefficient (Wildman–Crippen LogP) is 3.73. The first kappa shape index (κ1) is 19.0. The number of fused-ring (bicyclic) bond motifs is 1. The molecule has 0 saturated heterocycles. The van der Waals surface area contributed by atoms with Gasteiger partial charge in [0.25, 0.3) is 5.91 Å². The van der Waals surface area contributed by atoms with Crippen LogP contribution in [0.3, 0.4) is 0 Å². The third kappa shape index (κ3) is 4.31. The number of ether oxygens (including phenoxy) is 1. The molecule has 0 fully saturated rings. The van der Waals surface area contributed by atoms with Crippen LogP contribution in [0.15, 0.2) is 59.5 Å². The lowest BCUT2D eigenvalue weighted by molar-refractivity contribution is 0.0786. The van der Waals surface area contributed by atoms with Gasteiger partial charge in [-0.1, -0.05) is 23.7 Å². The quantitative estimate of drug-likeness (QED) is 0.608. The average Bonchev–Trinajstić information content (AvgIpc) is 2.68. The Labute approximate surface area is 162 Å². The summed E-state index contributed by atoms with van der Waals surface area (Å²) in [5.74, 6) is 0.449. The van der Waals surface area contributed by atoms with Crippen molar-refractivity contribution in [3.8, 4) is 5.75 Å². The van der Waals surface area contributed by atoms with Gasteiger partial charge in [0.2, 0.25) is 5.43 Å². The lowest BCUT2D eigenvalue weighted by atomic mass is 10.1. The maximum absolute atomic E-state index is 12.7. The molecule has 1 amide bonds. The number of benzene rings is 2. The second kappa shape index (κ2) is 8.27. The van der Waals surface area contributed by atoms with Gasteiger partial charge in [0, 0.05) is 37.2 Å². The van der Waals surface area contributed by atoms with Gasteiger partial charge < -0.3 is 14.2 Å². The molecule has 2 aromatic carbocycles. The number of nitrogens with zero attached hydrogens (tertiary/aromatic N) is 2. The van der Waals surface area contributed by atoms with Gasteiger partial charge >= 0.3 is 0 Å². The number of rotatable bonds is 6. The number of halogens is 1. The number of aromatic nitrogens is 1. The van der Waals surface area contributed by atoms with E-state index in [4.69, 9.17) is 16.3 Å². The van der Waals surface area contributed by atoms with E-state index in [1.807, 2.05) is 19.2 Å². The molecular formula is C21H21ClN2O3. The van der Waals surface area contributed by atoms with Crippen LogP contribution < -0.4 is 10.2 Å². The monoisotopic (exact) mass is 384 g/mol. The van der Waals surface area contributed by atoms with Crippen LogP contribution in [0, 0.1) is 0 Å². The van der Waals surface area contributed by atoms with Crippen molar-refractivity contribution < 1.29 is 9.53 Å². The third-order valence-corrected chi connectivity index (χ3v) is 4.65. The molecule has 0 saturated carbocycles. The number of hydrogen-bond donors (Lipinski definition) is 0. The van der Waals surface area contributed by atoms with Crippen molar-refractivity contribution >= 4 is 28.4 Å². The molecule has 0 N–H and O–H groups in total. The molecule has 0 spiro atoms. The molecule has 0 radical (unpaired) electrons. The van der Waals surface area contributed by atoms with Crippen molar-refractivity contribution in [2.75, 3.05) is 20.2 Å². The number of para-hydroxylation sites is 1. The molecule has 0 atom stereocenters. The molecule has 0 aliphatic carbocycles. The first-order valence-electron chi connectivity index (χ1n) is 8.69. The summed E-state index contributed by atoms with van der Waals surface area (Å²) in [6.45, 7) is 0.956. The minimum Gasteiger partial charge on any atom is -0.494 e. The number of amides is 1. The fraction of sp³-hybridized carbons (Fsp3) is 0.238. The van der Waals surface area contributed by atoms with E-state index in [1.165, 1.54) is 0 Å². The average molecular weight is 385 g/mol. The van der Waals surface area contributed by atoms with Crippen molar-refractivity contribution in [3.63, 3.8) is 0 Å². The standard InChI is InChI=1S/C21H21ClN2O3/c1-23(12-5-13-27-16-10-8-15(22)9-11-16)21(26)18-14-24(2)19-7-4-3-6-17(19)20(18)25/h3-4,6-11,14H,5,12-13H2,1-2H3. The summed E-state index contributed by atoms with van der Waals surface area (Å²) in [6, 6.07) is 14.4. The van der Waals surface area contributed by atoms with E-state index in [1.54, 1.807) is 59.1 Å². The molecule has 1 heterocycles. The Balaban J connectivity index is 1.63. The normalized spacial score (nSPS) is 10.8. The molecule has 0 unspecified atom stereocenters. The molecule has 0 bridgehead atoms. The van der Waals surface area contributed by atoms with Crippen LogP contribution in [0.2, 0.25) is 5.02 Å². The summed E-state index contributed by atoms with van der Waals surface area (Å²) in [6.07, 6.45) is 2.26. The molecule has 1 aromatic heterocycles. The molecule has 27 heavy (non-hydrogen) atoms. The summed E-state index contributed by atoms with van der Waals surface area (Å²) < 4.78 is 7.44. The van der Waals surface area contributed by atoms with Crippen molar-refractivity contribution in [2.45, 2.75) is 6.42 Å². The number of carbonyl (C=O) groups is 1. The topological polar surface area (TPSA) is 51.5 Å². The summed E-state index contributed by atoms with van der Waals surface area (Å²) >= 11 is 5.84. The van der Waals surface area contributed by atoms with E-state index in [2.05, 4.69) is 0 Å². The van der Waals surface area contributed by atoms with Gasteiger partial charge in [-0.05, 0) is 42.8 Å². The molecule has 3 aromatic rings. The Hall–Kier alpha value is -2.79. The van der Waals surface area contributed by atoms with Crippen molar-refractivity contribution in [2.24, 2.45) is 7.05 Å². The van der Waals surface area contributed by atoms with Crippen LogP contribution in [0.4, 0.5) is 0 Å². The zero-order valence-electron chi connectivity index (χ0n) is 15.3. The number of carbonyl (C=O) groups excluding carboxylic acids is 1. The van der Waals surface area contributed by atoms with Crippen LogP contribution in [-0.2, 0) is 7.05 Å². The van der Waals surface area contributed by atoms with Gasteiger partial charge in [-0.25, -0.2) is 0 Å². The largest absolute Gasteiger partial charge is 0.494 e. The minimum atomic E-state index is -0.284. The van der Waals surface area contributed by atoms with Gasteiger partial charge in [-0.15, -0.1) is 0 Å². The highest BCUT2D eigenvalue weighted by atomic mass is 35.5.